The Balaban J connectivity index is 2.19. The molecule has 152 valence electrons. The Morgan fingerprint density at radius 3 is 2.04 bits per heavy atom. The molecule has 0 unspecified atom stereocenters. The molecular formula is C21H29N3O3S. The van der Waals surface area contributed by atoms with Gasteiger partial charge >= 0.3 is 0 Å². The topological polar surface area (TPSA) is 69.7 Å². The number of rotatable bonds is 9. The first kappa shape index (κ1) is 21.9. The number of benzene rings is 2. The Kier molecular flexibility index (Phi) is 7.60. The third kappa shape index (κ3) is 4.91. The standard InChI is InChI=1S/C21H29N3O3S/c1-5-23(6-2)19-14-12-18(13-15-19)22-21(25)17-10-9-11-20(16-17)28(26,27)24(7-3)8-4/h9-16H,5-8H2,1-4H3,(H,22,25). The van der Waals surface area contributed by atoms with Gasteiger partial charge in [0.25, 0.3) is 5.91 Å². The van der Waals surface area contributed by atoms with Crippen LogP contribution < -0.4 is 10.2 Å². The van der Waals surface area contributed by atoms with Gasteiger partial charge in [0, 0.05) is 43.1 Å². The number of nitrogens with zero attached hydrogens (tertiary/aromatic N) is 2. The zero-order chi connectivity index (χ0) is 20.7. The van der Waals surface area contributed by atoms with Gasteiger partial charge in [-0.1, -0.05) is 19.9 Å². The minimum atomic E-state index is -3.60. The van der Waals surface area contributed by atoms with Crippen LogP contribution in [0.1, 0.15) is 38.1 Å². The van der Waals surface area contributed by atoms with E-state index in [1.54, 1.807) is 26.0 Å². The molecule has 0 aromatic heterocycles. The normalized spacial score (nSPS) is 11.5. The molecule has 0 atom stereocenters. The molecular weight excluding hydrogens is 374 g/mol. The van der Waals surface area contributed by atoms with Crippen LogP contribution in [-0.4, -0.2) is 44.8 Å². The molecule has 0 aliphatic carbocycles. The van der Waals surface area contributed by atoms with E-state index >= 15 is 0 Å². The van der Waals surface area contributed by atoms with Crippen molar-refractivity contribution in [1.29, 1.82) is 0 Å². The highest BCUT2D eigenvalue weighted by Crippen LogP contribution is 2.20. The van der Waals surface area contributed by atoms with Gasteiger partial charge in [0.1, 0.15) is 0 Å². The number of hydrogen-bond acceptors (Lipinski definition) is 4. The number of hydrogen-bond donors (Lipinski definition) is 1. The van der Waals surface area contributed by atoms with Gasteiger partial charge in [0.15, 0.2) is 0 Å². The average Bonchev–Trinajstić information content (AvgIpc) is 2.71. The van der Waals surface area contributed by atoms with Gasteiger partial charge < -0.3 is 10.2 Å². The van der Waals surface area contributed by atoms with Gasteiger partial charge in [0.05, 0.1) is 4.90 Å². The molecule has 7 heteroatoms. The van der Waals surface area contributed by atoms with Crippen molar-refractivity contribution in [3.8, 4) is 0 Å². The monoisotopic (exact) mass is 403 g/mol. The highest BCUT2D eigenvalue weighted by atomic mass is 32.2. The number of carbonyl (C=O) groups excluding carboxylic acids is 1. The number of anilines is 2. The molecule has 2 rings (SSSR count). The molecule has 28 heavy (non-hydrogen) atoms. The summed E-state index contributed by atoms with van der Waals surface area (Å²) in [5, 5.41) is 2.83. The van der Waals surface area contributed by atoms with E-state index in [-0.39, 0.29) is 10.8 Å². The Morgan fingerprint density at radius 2 is 1.50 bits per heavy atom. The van der Waals surface area contributed by atoms with Crippen LogP contribution in [-0.2, 0) is 10.0 Å². The summed E-state index contributed by atoms with van der Waals surface area (Å²) in [6.07, 6.45) is 0. The molecule has 2 aromatic rings. The highest BCUT2D eigenvalue weighted by Gasteiger charge is 2.22. The van der Waals surface area contributed by atoms with Gasteiger partial charge in [-0.15, -0.1) is 0 Å². The van der Waals surface area contributed by atoms with Crippen LogP contribution in [0.3, 0.4) is 0 Å². The first-order chi connectivity index (χ1) is 13.4. The van der Waals surface area contributed by atoms with Crippen molar-refractivity contribution in [2.45, 2.75) is 32.6 Å². The minimum Gasteiger partial charge on any atom is -0.372 e. The summed E-state index contributed by atoms with van der Waals surface area (Å²) >= 11 is 0. The molecule has 6 nitrogen and oxygen atoms in total. The average molecular weight is 404 g/mol. The fourth-order valence-corrected chi connectivity index (χ4v) is 4.56. The Bertz CT molecular complexity index is 887. The second-order valence-electron chi connectivity index (χ2n) is 6.29. The van der Waals surface area contributed by atoms with Crippen molar-refractivity contribution in [1.82, 2.24) is 4.31 Å². The Hall–Kier alpha value is -2.38. The van der Waals surface area contributed by atoms with Crippen LogP contribution in [0.4, 0.5) is 11.4 Å². The number of amides is 1. The maximum atomic E-state index is 12.7. The largest absolute Gasteiger partial charge is 0.372 e. The molecule has 0 bridgehead atoms. The maximum Gasteiger partial charge on any atom is 0.255 e. The number of sulfonamides is 1. The van der Waals surface area contributed by atoms with E-state index in [1.807, 2.05) is 24.3 Å². The van der Waals surface area contributed by atoms with Gasteiger partial charge in [-0.3, -0.25) is 4.79 Å². The molecule has 1 amide bonds. The fourth-order valence-electron chi connectivity index (χ4n) is 3.06. The predicted octanol–water partition coefficient (Wildman–Crippen LogP) is 3.82. The van der Waals surface area contributed by atoms with E-state index in [1.165, 1.54) is 16.4 Å². The number of carbonyl (C=O) groups is 1. The van der Waals surface area contributed by atoms with E-state index in [0.717, 1.165) is 18.8 Å². The summed E-state index contributed by atoms with van der Waals surface area (Å²) in [7, 11) is -3.60. The van der Waals surface area contributed by atoms with Crippen molar-refractivity contribution < 1.29 is 13.2 Å². The van der Waals surface area contributed by atoms with E-state index < -0.39 is 10.0 Å². The lowest BCUT2D eigenvalue weighted by Crippen LogP contribution is -2.30. The summed E-state index contributed by atoms with van der Waals surface area (Å²) in [5.74, 6) is -0.341. The maximum absolute atomic E-state index is 12.7. The second kappa shape index (κ2) is 9.71. The summed E-state index contributed by atoms with van der Waals surface area (Å²) in [6.45, 7) is 10.4. The highest BCUT2D eigenvalue weighted by molar-refractivity contribution is 7.89. The lowest BCUT2D eigenvalue weighted by Gasteiger charge is -2.21. The summed E-state index contributed by atoms with van der Waals surface area (Å²) in [5.41, 5.74) is 2.06. The van der Waals surface area contributed by atoms with E-state index in [2.05, 4.69) is 24.1 Å². The van der Waals surface area contributed by atoms with E-state index in [9.17, 15) is 13.2 Å². The molecule has 1 N–H and O–H groups in total. The minimum absolute atomic E-state index is 0.126. The van der Waals surface area contributed by atoms with Crippen LogP contribution in [0.25, 0.3) is 0 Å². The summed E-state index contributed by atoms with van der Waals surface area (Å²) in [6, 6.07) is 13.8. The molecule has 0 aliphatic rings. The Labute approximate surface area is 168 Å². The smallest absolute Gasteiger partial charge is 0.255 e. The van der Waals surface area contributed by atoms with Crippen LogP contribution in [0.5, 0.6) is 0 Å². The van der Waals surface area contributed by atoms with Gasteiger partial charge in [-0.05, 0) is 56.3 Å². The van der Waals surface area contributed by atoms with Crippen LogP contribution in [0.2, 0.25) is 0 Å². The molecule has 0 aliphatic heterocycles. The molecule has 0 radical (unpaired) electrons. The molecule has 0 saturated heterocycles. The second-order valence-corrected chi connectivity index (χ2v) is 8.23. The Morgan fingerprint density at radius 1 is 0.893 bits per heavy atom. The SMILES string of the molecule is CCN(CC)c1ccc(NC(=O)c2cccc(S(=O)(=O)N(CC)CC)c2)cc1. The summed E-state index contributed by atoms with van der Waals surface area (Å²) < 4.78 is 26.7. The number of nitrogens with one attached hydrogen (secondary N) is 1. The quantitative estimate of drug-likeness (QED) is 0.691. The lowest BCUT2D eigenvalue weighted by molar-refractivity contribution is 0.102. The molecule has 0 fully saturated rings. The van der Waals surface area contributed by atoms with Crippen molar-refractivity contribution in [3.05, 3.63) is 54.1 Å². The van der Waals surface area contributed by atoms with Crippen LogP contribution >= 0.6 is 0 Å². The van der Waals surface area contributed by atoms with Crippen LogP contribution in [0, 0.1) is 0 Å². The van der Waals surface area contributed by atoms with Gasteiger partial charge in [0.2, 0.25) is 10.0 Å². The zero-order valence-corrected chi connectivity index (χ0v) is 17.8. The first-order valence-electron chi connectivity index (χ1n) is 9.63. The van der Waals surface area contributed by atoms with Gasteiger partial charge in [-0.25, -0.2) is 8.42 Å². The third-order valence-electron chi connectivity index (χ3n) is 4.69. The summed E-state index contributed by atoms with van der Waals surface area (Å²) in [4.78, 5) is 14.9. The molecule has 0 heterocycles. The van der Waals surface area contributed by atoms with Crippen molar-refractivity contribution >= 4 is 27.3 Å². The molecule has 2 aromatic carbocycles. The van der Waals surface area contributed by atoms with E-state index in [4.69, 9.17) is 0 Å². The predicted molar refractivity (Wildman–Crippen MR) is 115 cm³/mol. The van der Waals surface area contributed by atoms with E-state index in [0.29, 0.717) is 24.3 Å². The first-order valence-corrected chi connectivity index (χ1v) is 11.1. The lowest BCUT2D eigenvalue weighted by atomic mass is 10.2. The molecule has 0 spiro atoms. The van der Waals surface area contributed by atoms with Crippen molar-refractivity contribution in [2.75, 3.05) is 36.4 Å². The zero-order valence-electron chi connectivity index (χ0n) is 17.0. The van der Waals surface area contributed by atoms with Crippen molar-refractivity contribution in [2.24, 2.45) is 0 Å². The fraction of sp³-hybridized carbons (Fsp3) is 0.381. The van der Waals surface area contributed by atoms with Gasteiger partial charge in [-0.2, -0.15) is 4.31 Å². The third-order valence-corrected chi connectivity index (χ3v) is 6.74. The molecule has 0 saturated carbocycles. The van der Waals surface area contributed by atoms with Crippen LogP contribution in [0.15, 0.2) is 53.4 Å². The van der Waals surface area contributed by atoms with Crippen molar-refractivity contribution in [3.63, 3.8) is 0 Å².